The van der Waals surface area contributed by atoms with Crippen LogP contribution in [0.3, 0.4) is 0 Å². The van der Waals surface area contributed by atoms with Crippen molar-refractivity contribution in [2.24, 2.45) is 4.99 Å². The number of nitrogens with zero attached hydrogens (tertiary/aromatic N) is 2. The smallest absolute Gasteiger partial charge is 0.243 e. The molecule has 6 nitrogen and oxygen atoms in total. The maximum absolute atomic E-state index is 12.7. The maximum atomic E-state index is 12.7. The van der Waals surface area contributed by atoms with E-state index in [0.29, 0.717) is 22.0 Å². The number of aryl methyl sites for hydroxylation is 1. The molecule has 3 aliphatic rings. The third-order valence-electron chi connectivity index (χ3n) is 6.56. The minimum absolute atomic E-state index is 0.346. The van der Waals surface area contributed by atoms with Crippen LogP contribution in [0.1, 0.15) is 39.9 Å². The van der Waals surface area contributed by atoms with Crippen molar-refractivity contribution in [3.05, 3.63) is 75.7 Å². The Hall–Kier alpha value is -3.06. The third kappa shape index (κ3) is 4.06. The predicted molar refractivity (Wildman–Crippen MR) is 131 cm³/mol. The second-order valence-electron chi connectivity index (χ2n) is 8.81. The van der Waals surface area contributed by atoms with Crippen LogP contribution in [0, 0.1) is 6.92 Å². The summed E-state index contributed by atoms with van der Waals surface area (Å²) in [6.07, 6.45) is 1.65. The molecule has 0 aromatic heterocycles. The fourth-order valence-corrected chi connectivity index (χ4v) is 5.92. The van der Waals surface area contributed by atoms with Gasteiger partial charge in [0.15, 0.2) is 5.96 Å². The Morgan fingerprint density at radius 1 is 1.09 bits per heavy atom. The summed E-state index contributed by atoms with van der Waals surface area (Å²) in [5, 5.41) is 3.46. The van der Waals surface area contributed by atoms with Gasteiger partial charge in [0.05, 0.1) is 0 Å². The molecule has 1 aliphatic carbocycles. The van der Waals surface area contributed by atoms with E-state index in [1.165, 1.54) is 17.3 Å². The number of hydrogen-bond donors (Lipinski definition) is 1. The Balaban J connectivity index is 1.30. The van der Waals surface area contributed by atoms with Crippen molar-refractivity contribution in [1.82, 2.24) is 10.2 Å². The van der Waals surface area contributed by atoms with Crippen molar-refractivity contribution in [2.45, 2.75) is 31.9 Å². The first-order chi connectivity index (χ1) is 16.0. The second-order valence-corrected chi connectivity index (χ2v) is 9.80. The number of ether oxygens (including phenoxy) is 1. The SMILES string of the molecule is CN=C(NCc1ccccc1)N1CCC2(CC1)CSC1=C(O2)c2ccc(C)cc2C(=O)C1=O. The molecule has 0 bridgehead atoms. The lowest BCUT2D eigenvalue weighted by molar-refractivity contribution is -0.111. The van der Waals surface area contributed by atoms with Crippen LogP contribution in [-0.4, -0.2) is 53.9 Å². The Labute approximate surface area is 198 Å². The highest BCUT2D eigenvalue weighted by Crippen LogP contribution is 2.47. The topological polar surface area (TPSA) is 71.0 Å². The van der Waals surface area contributed by atoms with Crippen molar-refractivity contribution in [2.75, 3.05) is 25.9 Å². The van der Waals surface area contributed by atoms with E-state index in [0.717, 1.165) is 49.6 Å². The van der Waals surface area contributed by atoms with E-state index in [-0.39, 0.29) is 5.60 Å². The zero-order valence-corrected chi connectivity index (χ0v) is 19.7. The number of carbonyl (C=O) groups excluding carboxylic acids is 2. The number of rotatable bonds is 2. The van der Waals surface area contributed by atoms with Crippen molar-refractivity contribution in [3.8, 4) is 0 Å². The number of fused-ring (bicyclic) bond motifs is 2. The predicted octanol–water partition coefficient (Wildman–Crippen LogP) is 3.80. The molecular weight excluding hydrogens is 434 g/mol. The van der Waals surface area contributed by atoms with Crippen LogP contribution in [-0.2, 0) is 16.1 Å². The molecule has 2 heterocycles. The molecule has 7 heteroatoms. The summed E-state index contributed by atoms with van der Waals surface area (Å²) >= 11 is 1.47. The van der Waals surface area contributed by atoms with Gasteiger partial charge in [0, 0.05) is 56.4 Å². The molecule has 1 fully saturated rings. The third-order valence-corrected chi connectivity index (χ3v) is 7.89. The van der Waals surface area contributed by atoms with Crippen molar-refractivity contribution in [1.29, 1.82) is 0 Å². The van der Waals surface area contributed by atoms with E-state index in [9.17, 15) is 9.59 Å². The summed E-state index contributed by atoms with van der Waals surface area (Å²) in [4.78, 5) is 32.6. The maximum Gasteiger partial charge on any atom is 0.243 e. The van der Waals surface area contributed by atoms with Crippen LogP contribution >= 0.6 is 11.8 Å². The van der Waals surface area contributed by atoms with Gasteiger partial charge in [0.2, 0.25) is 11.6 Å². The van der Waals surface area contributed by atoms with Crippen molar-refractivity contribution >= 4 is 35.0 Å². The molecule has 1 spiro atoms. The Morgan fingerprint density at radius 3 is 2.58 bits per heavy atom. The first kappa shape index (κ1) is 21.8. The largest absolute Gasteiger partial charge is 0.484 e. The first-order valence-electron chi connectivity index (χ1n) is 11.3. The summed E-state index contributed by atoms with van der Waals surface area (Å²) in [5.74, 6) is 1.28. The van der Waals surface area contributed by atoms with E-state index in [1.807, 2.05) is 44.3 Å². The van der Waals surface area contributed by atoms with Crippen LogP contribution in [0.25, 0.3) is 5.76 Å². The number of ketones is 2. The lowest BCUT2D eigenvalue weighted by atomic mass is 9.89. The summed E-state index contributed by atoms with van der Waals surface area (Å²) in [6, 6.07) is 15.9. The number of Topliss-reactive ketones (excluding diaryl/α,β-unsaturated/α-hetero) is 2. The summed E-state index contributed by atoms with van der Waals surface area (Å²) in [7, 11) is 1.81. The lowest BCUT2D eigenvalue weighted by Crippen LogP contribution is -2.53. The number of benzene rings is 2. The van der Waals surface area contributed by atoms with E-state index < -0.39 is 11.6 Å². The monoisotopic (exact) mass is 461 g/mol. The summed E-state index contributed by atoms with van der Waals surface area (Å²) in [5.41, 5.74) is 3.03. The molecule has 0 radical (unpaired) electrons. The fourth-order valence-electron chi connectivity index (χ4n) is 4.66. The molecule has 5 rings (SSSR count). The Morgan fingerprint density at radius 2 is 1.85 bits per heavy atom. The molecule has 33 heavy (non-hydrogen) atoms. The van der Waals surface area contributed by atoms with Crippen LogP contribution in [0.4, 0.5) is 0 Å². The molecule has 170 valence electrons. The highest BCUT2D eigenvalue weighted by Gasteiger charge is 2.46. The molecule has 1 saturated heterocycles. The van der Waals surface area contributed by atoms with Crippen molar-refractivity contribution in [3.63, 3.8) is 0 Å². The number of guanidine groups is 1. The number of carbonyl (C=O) groups is 2. The Kier molecular flexibility index (Phi) is 5.74. The second kappa shape index (κ2) is 8.71. The molecule has 2 aromatic rings. The van der Waals surface area contributed by atoms with Gasteiger partial charge >= 0.3 is 0 Å². The standard InChI is InChI=1S/C26H27N3O3S/c1-17-8-9-19-20(14-17)21(30)22(31)24-23(19)32-26(16-33-24)10-12-29(13-11-26)25(27-2)28-15-18-6-4-3-5-7-18/h3-9,14H,10-13,15-16H2,1-2H3,(H,27,28). The van der Waals surface area contributed by atoms with Gasteiger partial charge in [-0.2, -0.15) is 0 Å². The van der Waals surface area contributed by atoms with Gasteiger partial charge in [-0.25, -0.2) is 0 Å². The average molecular weight is 462 g/mol. The van der Waals surface area contributed by atoms with Gasteiger partial charge in [0.1, 0.15) is 16.3 Å². The number of nitrogens with one attached hydrogen (secondary N) is 1. The minimum Gasteiger partial charge on any atom is -0.484 e. The Bertz CT molecular complexity index is 1160. The molecule has 2 aromatic carbocycles. The highest BCUT2D eigenvalue weighted by molar-refractivity contribution is 8.04. The van der Waals surface area contributed by atoms with Gasteiger partial charge < -0.3 is 15.0 Å². The number of hydrogen-bond acceptors (Lipinski definition) is 5. The van der Waals surface area contributed by atoms with Gasteiger partial charge in [-0.3, -0.25) is 14.6 Å². The molecular formula is C26H27N3O3S. The van der Waals surface area contributed by atoms with E-state index in [2.05, 4.69) is 27.3 Å². The minimum atomic E-state index is -0.439. The van der Waals surface area contributed by atoms with E-state index in [1.54, 1.807) is 6.07 Å². The first-order valence-corrected chi connectivity index (χ1v) is 12.2. The quantitative estimate of drug-likeness (QED) is 0.417. The molecule has 0 saturated carbocycles. The van der Waals surface area contributed by atoms with Gasteiger partial charge in [0.25, 0.3) is 0 Å². The van der Waals surface area contributed by atoms with E-state index in [4.69, 9.17) is 4.74 Å². The average Bonchev–Trinajstić information content (AvgIpc) is 2.84. The summed E-state index contributed by atoms with van der Waals surface area (Å²) in [6.45, 7) is 4.27. The van der Waals surface area contributed by atoms with E-state index >= 15 is 0 Å². The number of piperidine rings is 1. The van der Waals surface area contributed by atoms with Gasteiger partial charge in [-0.15, -0.1) is 11.8 Å². The normalized spacial score (nSPS) is 19.8. The molecule has 2 aliphatic heterocycles. The molecule has 1 N–H and O–H groups in total. The molecule has 0 unspecified atom stereocenters. The van der Waals surface area contributed by atoms with Gasteiger partial charge in [-0.1, -0.05) is 48.0 Å². The van der Waals surface area contributed by atoms with Crippen LogP contribution in [0.15, 0.2) is 58.4 Å². The number of aliphatic imine (C=N–C) groups is 1. The van der Waals surface area contributed by atoms with Gasteiger partial charge in [-0.05, 0) is 18.6 Å². The van der Waals surface area contributed by atoms with Crippen LogP contribution in [0.5, 0.6) is 0 Å². The van der Waals surface area contributed by atoms with Crippen LogP contribution < -0.4 is 5.32 Å². The lowest BCUT2D eigenvalue weighted by Gasteiger charge is -2.46. The fraction of sp³-hybridized carbons (Fsp3) is 0.346. The zero-order chi connectivity index (χ0) is 23.0. The van der Waals surface area contributed by atoms with Crippen LogP contribution in [0.2, 0.25) is 0 Å². The number of thioether (sulfide) groups is 1. The summed E-state index contributed by atoms with van der Waals surface area (Å²) < 4.78 is 6.59. The van der Waals surface area contributed by atoms with Crippen molar-refractivity contribution < 1.29 is 14.3 Å². The molecule has 0 amide bonds. The highest BCUT2D eigenvalue weighted by atomic mass is 32.2. The zero-order valence-electron chi connectivity index (χ0n) is 18.9. The number of likely N-dealkylation sites (tertiary alicyclic amines) is 1. The molecule has 0 atom stereocenters. The number of allylic oxidation sites excluding steroid dienone is 1.